The van der Waals surface area contributed by atoms with Crippen molar-refractivity contribution in [2.45, 2.75) is 19.8 Å². The molecule has 0 atom stereocenters. The van der Waals surface area contributed by atoms with Crippen LogP contribution in [0.4, 0.5) is 10.5 Å². The highest BCUT2D eigenvalue weighted by molar-refractivity contribution is 14.1. The molecular formula is C13H15IN2O3. The number of amides is 2. The molecule has 2 rings (SSSR count). The van der Waals surface area contributed by atoms with Gasteiger partial charge in [-0.05, 0) is 60.1 Å². The van der Waals surface area contributed by atoms with Crippen LogP contribution in [0, 0.1) is 15.9 Å². The average Bonchev–Trinajstić information content (AvgIpc) is 3.12. The molecule has 0 spiro atoms. The molecule has 3 N–H and O–H groups in total. The van der Waals surface area contributed by atoms with Crippen molar-refractivity contribution < 1.29 is 14.7 Å². The van der Waals surface area contributed by atoms with Crippen molar-refractivity contribution in [3.63, 3.8) is 0 Å². The van der Waals surface area contributed by atoms with Crippen molar-refractivity contribution in [2.75, 3.05) is 11.9 Å². The fourth-order valence-electron chi connectivity index (χ4n) is 1.76. The maximum absolute atomic E-state index is 11.8. The van der Waals surface area contributed by atoms with E-state index in [2.05, 4.69) is 33.2 Å². The van der Waals surface area contributed by atoms with Gasteiger partial charge in [-0.15, -0.1) is 0 Å². The predicted octanol–water partition coefficient (Wildman–Crippen LogP) is 2.59. The van der Waals surface area contributed by atoms with Gasteiger partial charge in [-0.1, -0.05) is 6.07 Å². The van der Waals surface area contributed by atoms with Gasteiger partial charge in [0.05, 0.1) is 5.41 Å². The summed E-state index contributed by atoms with van der Waals surface area (Å²) in [5, 5.41) is 14.4. The molecular weight excluding hydrogens is 359 g/mol. The van der Waals surface area contributed by atoms with E-state index in [1.165, 1.54) is 0 Å². The van der Waals surface area contributed by atoms with Crippen LogP contribution in [0.15, 0.2) is 18.2 Å². The Morgan fingerprint density at radius 2 is 2.11 bits per heavy atom. The first-order chi connectivity index (χ1) is 8.93. The van der Waals surface area contributed by atoms with Gasteiger partial charge >= 0.3 is 12.0 Å². The van der Waals surface area contributed by atoms with Crippen LogP contribution in [-0.2, 0) is 4.79 Å². The number of rotatable bonds is 4. The van der Waals surface area contributed by atoms with E-state index in [-0.39, 0.29) is 12.6 Å². The van der Waals surface area contributed by atoms with Crippen molar-refractivity contribution in [1.82, 2.24) is 5.32 Å². The summed E-state index contributed by atoms with van der Waals surface area (Å²) in [6.45, 7) is 2.09. The molecule has 1 aliphatic carbocycles. The fraction of sp³-hybridized carbons (Fsp3) is 0.385. The number of carboxylic acid groups (broad SMARTS) is 1. The second kappa shape index (κ2) is 5.36. The lowest BCUT2D eigenvalue weighted by Crippen LogP contribution is -2.36. The molecule has 0 heterocycles. The number of aryl methyl sites for hydroxylation is 1. The molecule has 0 radical (unpaired) electrons. The van der Waals surface area contributed by atoms with E-state index >= 15 is 0 Å². The molecule has 0 aromatic heterocycles. The Bertz CT molecular complexity index is 527. The Labute approximate surface area is 124 Å². The maximum Gasteiger partial charge on any atom is 0.319 e. The second-order valence-corrected chi connectivity index (χ2v) is 6.10. The molecule has 0 unspecified atom stereocenters. The van der Waals surface area contributed by atoms with Gasteiger partial charge in [0.2, 0.25) is 0 Å². The highest BCUT2D eigenvalue weighted by Gasteiger charge is 2.50. The fourth-order valence-corrected chi connectivity index (χ4v) is 2.25. The van der Waals surface area contributed by atoms with Gasteiger partial charge in [-0.2, -0.15) is 0 Å². The standard InChI is InChI=1S/C13H15IN2O3/c1-8-2-3-9(14)6-10(8)16-12(19)15-7-13(4-5-13)11(17)18/h2-3,6H,4-5,7H2,1H3,(H,17,18)(H2,15,16,19). The SMILES string of the molecule is Cc1ccc(I)cc1NC(=O)NCC1(C(=O)O)CC1. The summed E-state index contributed by atoms with van der Waals surface area (Å²) in [5.41, 5.74) is 0.969. The van der Waals surface area contributed by atoms with Crippen LogP contribution in [0.2, 0.25) is 0 Å². The van der Waals surface area contributed by atoms with Gasteiger partial charge in [-0.3, -0.25) is 4.79 Å². The van der Waals surface area contributed by atoms with Gasteiger partial charge in [0.25, 0.3) is 0 Å². The molecule has 0 saturated heterocycles. The zero-order valence-corrected chi connectivity index (χ0v) is 12.7. The summed E-state index contributed by atoms with van der Waals surface area (Å²) in [7, 11) is 0. The first-order valence-electron chi connectivity index (χ1n) is 5.97. The number of carbonyl (C=O) groups is 2. The van der Waals surface area contributed by atoms with Crippen molar-refractivity contribution >= 4 is 40.3 Å². The van der Waals surface area contributed by atoms with Crippen LogP contribution in [0.3, 0.4) is 0 Å². The quantitative estimate of drug-likeness (QED) is 0.709. The maximum atomic E-state index is 11.8. The number of nitrogens with one attached hydrogen (secondary N) is 2. The first-order valence-corrected chi connectivity index (χ1v) is 7.05. The lowest BCUT2D eigenvalue weighted by Gasteiger charge is -2.13. The number of aliphatic carboxylic acids is 1. The van der Waals surface area contributed by atoms with Crippen LogP contribution in [-0.4, -0.2) is 23.7 Å². The third kappa shape index (κ3) is 3.37. The minimum atomic E-state index is -0.835. The molecule has 0 aliphatic heterocycles. The van der Waals surface area contributed by atoms with Gasteiger partial charge in [0, 0.05) is 15.8 Å². The van der Waals surface area contributed by atoms with Gasteiger partial charge < -0.3 is 15.7 Å². The number of carboxylic acids is 1. The molecule has 1 aromatic carbocycles. The topological polar surface area (TPSA) is 78.4 Å². The minimum absolute atomic E-state index is 0.178. The summed E-state index contributed by atoms with van der Waals surface area (Å²) < 4.78 is 1.03. The molecule has 5 nitrogen and oxygen atoms in total. The van der Waals surface area contributed by atoms with Crippen molar-refractivity contribution in [3.05, 3.63) is 27.3 Å². The number of hydrogen-bond acceptors (Lipinski definition) is 2. The zero-order valence-electron chi connectivity index (χ0n) is 10.5. The summed E-state index contributed by atoms with van der Waals surface area (Å²) in [6, 6.07) is 5.40. The molecule has 19 heavy (non-hydrogen) atoms. The Morgan fingerprint density at radius 3 is 2.68 bits per heavy atom. The number of halogens is 1. The van der Waals surface area contributed by atoms with Gasteiger partial charge in [0.1, 0.15) is 0 Å². The third-order valence-electron chi connectivity index (χ3n) is 3.34. The Kier molecular flexibility index (Phi) is 3.98. The summed E-state index contributed by atoms with van der Waals surface area (Å²) in [5.74, 6) is -0.835. The Morgan fingerprint density at radius 1 is 1.42 bits per heavy atom. The predicted molar refractivity (Wildman–Crippen MR) is 80.2 cm³/mol. The summed E-state index contributed by atoms with van der Waals surface area (Å²) in [4.78, 5) is 22.7. The molecule has 2 amide bonds. The third-order valence-corrected chi connectivity index (χ3v) is 4.01. The van der Waals surface area contributed by atoms with Crippen molar-refractivity contribution in [1.29, 1.82) is 0 Å². The van der Waals surface area contributed by atoms with Gasteiger partial charge in [-0.25, -0.2) is 4.79 Å². The Balaban J connectivity index is 1.91. The number of carbonyl (C=O) groups excluding carboxylic acids is 1. The molecule has 1 aromatic rings. The lowest BCUT2D eigenvalue weighted by atomic mass is 10.1. The highest BCUT2D eigenvalue weighted by Crippen LogP contribution is 2.45. The van der Waals surface area contributed by atoms with E-state index in [0.717, 1.165) is 14.8 Å². The van der Waals surface area contributed by atoms with Crippen molar-refractivity contribution in [3.8, 4) is 0 Å². The van der Waals surface area contributed by atoms with Crippen LogP contribution in [0.25, 0.3) is 0 Å². The largest absolute Gasteiger partial charge is 0.481 e. The van der Waals surface area contributed by atoms with Gasteiger partial charge in [0.15, 0.2) is 0 Å². The minimum Gasteiger partial charge on any atom is -0.481 e. The summed E-state index contributed by atoms with van der Waals surface area (Å²) in [6.07, 6.45) is 1.26. The van der Waals surface area contributed by atoms with Crippen LogP contribution in [0.5, 0.6) is 0 Å². The molecule has 102 valence electrons. The molecule has 1 aliphatic rings. The van der Waals surface area contributed by atoms with E-state index in [4.69, 9.17) is 5.11 Å². The Hall–Kier alpha value is -1.31. The monoisotopic (exact) mass is 374 g/mol. The smallest absolute Gasteiger partial charge is 0.319 e. The van der Waals surface area contributed by atoms with E-state index in [1.807, 2.05) is 25.1 Å². The average molecular weight is 374 g/mol. The van der Waals surface area contributed by atoms with Crippen molar-refractivity contribution in [2.24, 2.45) is 5.41 Å². The normalized spacial score (nSPS) is 15.7. The van der Waals surface area contributed by atoms with E-state index in [1.54, 1.807) is 0 Å². The highest BCUT2D eigenvalue weighted by atomic mass is 127. The molecule has 1 fully saturated rings. The van der Waals surface area contributed by atoms with E-state index < -0.39 is 11.4 Å². The first kappa shape index (κ1) is 14.1. The molecule has 1 saturated carbocycles. The number of hydrogen-bond donors (Lipinski definition) is 3. The zero-order chi connectivity index (χ0) is 14.0. The summed E-state index contributed by atoms with van der Waals surface area (Å²) >= 11 is 2.17. The number of benzene rings is 1. The van der Waals surface area contributed by atoms with E-state index in [0.29, 0.717) is 12.8 Å². The molecule has 0 bridgehead atoms. The molecule has 6 heteroatoms. The van der Waals surface area contributed by atoms with Crippen LogP contribution >= 0.6 is 22.6 Å². The lowest BCUT2D eigenvalue weighted by molar-refractivity contribution is -0.143. The van der Waals surface area contributed by atoms with Crippen LogP contribution < -0.4 is 10.6 Å². The second-order valence-electron chi connectivity index (χ2n) is 4.85. The van der Waals surface area contributed by atoms with Crippen LogP contribution in [0.1, 0.15) is 18.4 Å². The number of anilines is 1. The number of urea groups is 1. The van der Waals surface area contributed by atoms with E-state index in [9.17, 15) is 9.59 Å².